The third-order valence-electron chi connectivity index (χ3n) is 5.41. The lowest BCUT2D eigenvalue weighted by atomic mass is 9.59. The van der Waals surface area contributed by atoms with Crippen molar-refractivity contribution in [2.45, 2.75) is 45.4 Å². The SMILES string of the molecule is CC1(C)[C@@H]2OCC[C@@H]2[C@H]1OC(=O)CCn1nnc2ccccc2c1=O. The van der Waals surface area contributed by atoms with Gasteiger partial charge in [-0.25, -0.2) is 4.68 Å². The van der Waals surface area contributed by atoms with Crippen LogP contribution in [0.5, 0.6) is 0 Å². The summed E-state index contributed by atoms with van der Waals surface area (Å²) in [6.45, 7) is 5.02. The van der Waals surface area contributed by atoms with Crippen molar-refractivity contribution >= 4 is 16.9 Å². The van der Waals surface area contributed by atoms with Crippen LogP contribution in [0.15, 0.2) is 29.1 Å². The fourth-order valence-corrected chi connectivity index (χ4v) is 4.08. The zero-order chi connectivity index (χ0) is 17.6. The highest BCUT2D eigenvalue weighted by atomic mass is 16.6. The van der Waals surface area contributed by atoms with E-state index >= 15 is 0 Å². The largest absolute Gasteiger partial charge is 0.461 e. The minimum absolute atomic E-state index is 0.0950. The molecule has 1 saturated carbocycles. The Morgan fingerprint density at radius 2 is 2.20 bits per heavy atom. The Morgan fingerprint density at radius 1 is 1.40 bits per heavy atom. The standard InChI is InChI=1S/C18H21N3O4/c1-18(2)15-12(8-10-24-15)16(18)25-14(22)7-9-21-17(23)11-5-3-4-6-13(11)19-20-21/h3-6,12,15-16H,7-10H2,1-2H3/t12-,15+,16+/m0/s1. The van der Waals surface area contributed by atoms with Gasteiger partial charge in [0.15, 0.2) is 0 Å². The number of aromatic nitrogens is 3. The molecule has 0 unspecified atom stereocenters. The number of hydrogen-bond donors (Lipinski definition) is 0. The van der Waals surface area contributed by atoms with Gasteiger partial charge in [0.2, 0.25) is 0 Å². The van der Waals surface area contributed by atoms with Crippen LogP contribution in [0.1, 0.15) is 26.7 Å². The van der Waals surface area contributed by atoms with Crippen LogP contribution in [0, 0.1) is 11.3 Å². The highest BCUT2D eigenvalue weighted by Gasteiger charge is 2.61. The first kappa shape index (κ1) is 16.2. The van der Waals surface area contributed by atoms with Crippen molar-refractivity contribution < 1.29 is 14.3 Å². The number of carbonyl (C=O) groups is 1. The second-order valence-corrected chi connectivity index (χ2v) is 7.36. The zero-order valence-corrected chi connectivity index (χ0v) is 14.3. The van der Waals surface area contributed by atoms with Crippen LogP contribution >= 0.6 is 0 Å². The van der Waals surface area contributed by atoms with E-state index in [2.05, 4.69) is 24.2 Å². The maximum absolute atomic E-state index is 12.4. The smallest absolute Gasteiger partial charge is 0.307 e. The van der Waals surface area contributed by atoms with E-state index in [0.29, 0.717) is 16.8 Å². The van der Waals surface area contributed by atoms with E-state index in [1.54, 1.807) is 24.3 Å². The summed E-state index contributed by atoms with van der Waals surface area (Å²) in [6.07, 6.45) is 1.09. The van der Waals surface area contributed by atoms with Crippen LogP contribution in [0.25, 0.3) is 10.9 Å². The molecule has 2 aromatic rings. The predicted octanol–water partition coefficient (Wildman–Crippen LogP) is 1.54. The summed E-state index contributed by atoms with van der Waals surface area (Å²) in [5, 5.41) is 8.42. The molecule has 1 aromatic carbocycles. The van der Waals surface area contributed by atoms with Crippen LogP contribution in [0.2, 0.25) is 0 Å². The van der Waals surface area contributed by atoms with Gasteiger partial charge < -0.3 is 9.47 Å². The number of hydrogen-bond acceptors (Lipinski definition) is 6. The van der Waals surface area contributed by atoms with Gasteiger partial charge in [-0.2, -0.15) is 0 Å². The lowest BCUT2D eigenvalue weighted by Crippen LogP contribution is -2.61. The normalized spacial score (nSPS) is 26.9. The molecule has 3 atom stereocenters. The Kier molecular flexibility index (Phi) is 3.83. The first-order valence-electron chi connectivity index (χ1n) is 8.62. The number of benzene rings is 1. The molecule has 0 radical (unpaired) electrons. The predicted molar refractivity (Wildman–Crippen MR) is 89.9 cm³/mol. The van der Waals surface area contributed by atoms with E-state index in [1.165, 1.54) is 4.68 Å². The molecule has 0 amide bonds. The molecule has 7 nitrogen and oxygen atoms in total. The Hall–Kier alpha value is -2.28. The Labute approximate surface area is 144 Å². The molecule has 0 N–H and O–H groups in total. The topological polar surface area (TPSA) is 83.3 Å². The van der Waals surface area contributed by atoms with Gasteiger partial charge in [0.25, 0.3) is 5.56 Å². The van der Waals surface area contributed by atoms with Gasteiger partial charge in [-0.15, -0.1) is 5.10 Å². The Bertz CT molecular complexity index is 876. The molecule has 1 aliphatic heterocycles. The quantitative estimate of drug-likeness (QED) is 0.783. The first-order chi connectivity index (χ1) is 12.0. The second kappa shape index (κ2) is 5.91. The van der Waals surface area contributed by atoms with Gasteiger partial charge in [-0.3, -0.25) is 9.59 Å². The monoisotopic (exact) mass is 343 g/mol. The lowest BCUT2D eigenvalue weighted by molar-refractivity contribution is -0.210. The molecule has 7 heteroatoms. The molecule has 1 aliphatic carbocycles. The van der Waals surface area contributed by atoms with Crippen molar-refractivity contribution in [1.82, 2.24) is 15.0 Å². The molecule has 2 heterocycles. The Balaban J connectivity index is 1.41. The third-order valence-corrected chi connectivity index (χ3v) is 5.41. The molecule has 1 aromatic heterocycles. The third kappa shape index (κ3) is 2.63. The molecule has 2 aliphatic rings. The summed E-state index contributed by atoms with van der Waals surface area (Å²) in [4.78, 5) is 24.6. The zero-order valence-electron chi connectivity index (χ0n) is 14.3. The van der Waals surface area contributed by atoms with Crippen LogP contribution in [-0.2, 0) is 20.8 Å². The van der Waals surface area contributed by atoms with Crippen LogP contribution in [-0.4, -0.2) is 39.8 Å². The number of rotatable bonds is 4. The fourth-order valence-electron chi connectivity index (χ4n) is 4.08. The van der Waals surface area contributed by atoms with Crippen molar-refractivity contribution in [3.05, 3.63) is 34.6 Å². The lowest BCUT2D eigenvalue weighted by Gasteiger charge is -2.53. The van der Waals surface area contributed by atoms with E-state index in [4.69, 9.17) is 9.47 Å². The maximum atomic E-state index is 12.4. The average Bonchev–Trinajstić information content (AvgIpc) is 3.06. The summed E-state index contributed by atoms with van der Waals surface area (Å²) >= 11 is 0. The number of ether oxygens (including phenoxy) is 2. The second-order valence-electron chi connectivity index (χ2n) is 7.36. The minimum Gasteiger partial charge on any atom is -0.461 e. The molecule has 132 valence electrons. The molecule has 25 heavy (non-hydrogen) atoms. The molecule has 0 bridgehead atoms. The van der Waals surface area contributed by atoms with Crippen LogP contribution in [0.3, 0.4) is 0 Å². The molecule has 4 rings (SSSR count). The number of fused-ring (bicyclic) bond motifs is 2. The summed E-state index contributed by atoms with van der Waals surface area (Å²) in [5.74, 6) is -0.0209. The highest BCUT2D eigenvalue weighted by Crippen LogP contribution is 2.53. The van der Waals surface area contributed by atoms with E-state index < -0.39 is 0 Å². The maximum Gasteiger partial charge on any atom is 0.307 e. The van der Waals surface area contributed by atoms with Gasteiger partial charge in [0.05, 0.1) is 24.5 Å². The molecular formula is C18H21N3O4. The Morgan fingerprint density at radius 3 is 3.04 bits per heavy atom. The number of esters is 1. The van der Waals surface area contributed by atoms with Crippen molar-refractivity contribution in [2.24, 2.45) is 11.3 Å². The van der Waals surface area contributed by atoms with Gasteiger partial charge in [0.1, 0.15) is 11.6 Å². The van der Waals surface area contributed by atoms with Gasteiger partial charge in [-0.1, -0.05) is 31.2 Å². The molecule has 2 fully saturated rings. The van der Waals surface area contributed by atoms with Gasteiger partial charge in [-0.05, 0) is 18.6 Å². The van der Waals surface area contributed by atoms with Crippen LogP contribution in [0.4, 0.5) is 0 Å². The van der Waals surface area contributed by atoms with E-state index in [1.807, 2.05) is 0 Å². The van der Waals surface area contributed by atoms with Crippen molar-refractivity contribution in [2.75, 3.05) is 6.61 Å². The first-order valence-corrected chi connectivity index (χ1v) is 8.62. The van der Waals surface area contributed by atoms with Crippen LogP contribution < -0.4 is 5.56 Å². The molecular weight excluding hydrogens is 322 g/mol. The number of aryl methyl sites for hydroxylation is 1. The average molecular weight is 343 g/mol. The van der Waals surface area contributed by atoms with E-state index in [9.17, 15) is 9.59 Å². The minimum atomic E-state index is -0.315. The summed E-state index contributed by atoms with van der Waals surface area (Å²) in [7, 11) is 0. The van der Waals surface area contributed by atoms with Crippen molar-refractivity contribution in [1.29, 1.82) is 0 Å². The van der Waals surface area contributed by atoms with E-state index in [0.717, 1.165) is 13.0 Å². The van der Waals surface area contributed by atoms with Crippen molar-refractivity contribution in [3.63, 3.8) is 0 Å². The molecule has 1 saturated heterocycles. The summed E-state index contributed by atoms with van der Waals surface area (Å²) in [6, 6.07) is 7.03. The fraction of sp³-hybridized carbons (Fsp3) is 0.556. The summed E-state index contributed by atoms with van der Waals surface area (Å²) < 4.78 is 12.6. The number of nitrogens with zero attached hydrogens (tertiary/aromatic N) is 3. The van der Waals surface area contributed by atoms with E-state index in [-0.39, 0.29) is 42.1 Å². The van der Waals surface area contributed by atoms with Crippen molar-refractivity contribution in [3.8, 4) is 0 Å². The summed E-state index contributed by atoms with van der Waals surface area (Å²) in [5.41, 5.74) is 0.151. The number of carbonyl (C=O) groups excluding carboxylic acids is 1. The highest BCUT2D eigenvalue weighted by molar-refractivity contribution is 5.76. The van der Waals surface area contributed by atoms with Gasteiger partial charge in [0, 0.05) is 17.9 Å². The van der Waals surface area contributed by atoms with Gasteiger partial charge >= 0.3 is 5.97 Å². The molecule has 0 spiro atoms.